The molecule has 1 unspecified atom stereocenters. The number of nitrogens with zero attached hydrogens (tertiary/aromatic N) is 2. The van der Waals surface area contributed by atoms with Gasteiger partial charge in [0.25, 0.3) is 0 Å². The zero-order valence-electron chi connectivity index (χ0n) is 10.5. The minimum atomic E-state index is 0.225. The number of hydrogen-bond acceptors (Lipinski definition) is 4. The van der Waals surface area contributed by atoms with E-state index in [1.165, 1.54) is 32.1 Å². The third kappa shape index (κ3) is 3.01. The number of hydrogen-bond donors (Lipinski definition) is 2. The second-order valence-electron chi connectivity index (χ2n) is 5.01. The number of rotatable bonds is 4. The Kier molecular flexibility index (Phi) is 4.45. The van der Waals surface area contributed by atoms with Gasteiger partial charge in [-0.05, 0) is 36.3 Å². The summed E-state index contributed by atoms with van der Waals surface area (Å²) in [6, 6.07) is 2.23. The summed E-state index contributed by atoms with van der Waals surface area (Å²) in [6.07, 6.45) is 10.0. The third-order valence-corrected chi connectivity index (χ3v) is 4.09. The van der Waals surface area contributed by atoms with Crippen molar-refractivity contribution in [2.45, 2.75) is 45.1 Å². The van der Waals surface area contributed by atoms with Gasteiger partial charge in [-0.2, -0.15) is 10.2 Å². The highest BCUT2D eigenvalue weighted by atomic mass is 15.2. The molecule has 0 radical (unpaired) electrons. The molecule has 1 aliphatic carbocycles. The summed E-state index contributed by atoms with van der Waals surface area (Å²) in [7, 11) is 0. The molecular formula is C13H22N4. The van der Waals surface area contributed by atoms with Crippen LogP contribution < -0.4 is 11.3 Å². The van der Waals surface area contributed by atoms with Crippen molar-refractivity contribution in [1.82, 2.24) is 15.6 Å². The van der Waals surface area contributed by atoms with E-state index in [9.17, 15) is 0 Å². The molecule has 94 valence electrons. The van der Waals surface area contributed by atoms with Gasteiger partial charge in [0.15, 0.2) is 0 Å². The average Bonchev–Trinajstić information content (AvgIpc) is 2.42. The minimum Gasteiger partial charge on any atom is -0.271 e. The fraction of sp³-hybridized carbons (Fsp3) is 0.692. The second kappa shape index (κ2) is 6.07. The summed E-state index contributed by atoms with van der Waals surface area (Å²) >= 11 is 0. The molecule has 1 atom stereocenters. The van der Waals surface area contributed by atoms with Gasteiger partial charge in [0.1, 0.15) is 0 Å². The van der Waals surface area contributed by atoms with Gasteiger partial charge < -0.3 is 0 Å². The molecule has 0 aliphatic heterocycles. The lowest BCUT2D eigenvalue weighted by atomic mass is 9.76. The summed E-state index contributed by atoms with van der Waals surface area (Å²) in [5.74, 6) is 7.25. The van der Waals surface area contributed by atoms with E-state index < -0.39 is 0 Å². The van der Waals surface area contributed by atoms with Crippen LogP contribution in [-0.2, 0) is 0 Å². The molecule has 0 spiro atoms. The highest BCUT2D eigenvalue weighted by Crippen LogP contribution is 2.37. The van der Waals surface area contributed by atoms with E-state index in [-0.39, 0.29) is 6.04 Å². The molecule has 0 bridgehead atoms. The van der Waals surface area contributed by atoms with Crippen molar-refractivity contribution >= 4 is 0 Å². The Morgan fingerprint density at radius 3 is 2.65 bits per heavy atom. The molecule has 1 heterocycles. The number of nitrogens with one attached hydrogen (secondary N) is 1. The van der Waals surface area contributed by atoms with Gasteiger partial charge in [-0.15, -0.1) is 0 Å². The van der Waals surface area contributed by atoms with Crippen molar-refractivity contribution in [1.29, 1.82) is 0 Å². The largest absolute Gasteiger partial charge is 0.271 e. The molecule has 2 rings (SSSR count). The Balaban J connectivity index is 2.00. The first-order valence-corrected chi connectivity index (χ1v) is 6.57. The van der Waals surface area contributed by atoms with Crippen LogP contribution in [0.25, 0.3) is 0 Å². The highest BCUT2D eigenvalue weighted by Gasteiger charge is 2.27. The van der Waals surface area contributed by atoms with E-state index >= 15 is 0 Å². The van der Waals surface area contributed by atoms with Crippen molar-refractivity contribution in [2.75, 3.05) is 0 Å². The zero-order valence-corrected chi connectivity index (χ0v) is 10.5. The Morgan fingerprint density at radius 2 is 2.12 bits per heavy atom. The van der Waals surface area contributed by atoms with Gasteiger partial charge in [-0.3, -0.25) is 11.3 Å². The van der Waals surface area contributed by atoms with E-state index in [0.29, 0.717) is 5.92 Å². The van der Waals surface area contributed by atoms with Crippen LogP contribution in [0, 0.1) is 11.8 Å². The lowest BCUT2D eigenvalue weighted by Gasteiger charge is -2.33. The van der Waals surface area contributed by atoms with Gasteiger partial charge >= 0.3 is 0 Å². The molecule has 4 nitrogen and oxygen atoms in total. The summed E-state index contributed by atoms with van der Waals surface area (Å²) in [6.45, 7) is 2.29. The third-order valence-electron chi connectivity index (χ3n) is 4.09. The molecule has 1 saturated carbocycles. The molecule has 0 saturated heterocycles. The minimum absolute atomic E-state index is 0.225. The molecule has 3 N–H and O–H groups in total. The van der Waals surface area contributed by atoms with Crippen molar-refractivity contribution in [3.8, 4) is 0 Å². The first kappa shape index (κ1) is 12.5. The number of hydrazine groups is 1. The number of nitrogens with two attached hydrogens (primary N) is 1. The Hall–Kier alpha value is -1.00. The van der Waals surface area contributed by atoms with Crippen LogP contribution in [0.5, 0.6) is 0 Å². The van der Waals surface area contributed by atoms with Crippen LogP contribution in [0.2, 0.25) is 0 Å². The number of aromatic nitrogens is 2. The fourth-order valence-corrected chi connectivity index (χ4v) is 2.92. The molecule has 4 heteroatoms. The maximum atomic E-state index is 5.70. The first-order valence-electron chi connectivity index (χ1n) is 6.57. The molecule has 0 aromatic carbocycles. The zero-order chi connectivity index (χ0) is 12.1. The monoisotopic (exact) mass is 234 g/mol. The van der Waals surface area contributed by atoms with E-state index in [1.54, 1.807) is 6.20 Å². The van der Waals surface area contributed by atoms with Gasteiger partial charge in [0, 0.05) is 6.20 Å². The van der Waals surface area contributed by atoms with Crippen LogP contribution in [0.3, 0.4) is 0 Å². The van der Waals surface area contributed by atoms with Gasteiger partial charge in [-0.25, -0.2) is 0 Å². The summed E-state index contributed by atoms with van der Waals surface area (Å²) in [5, 5.41) is 7.75. The quantitative estimate of drug-likeness (QED) is 0.619. The fourth-order valence-electron chi connectivity index (χ4n) is 2.92. The van der Waals surface area contributed by atoms with Crippen LogP contribution >= 0.6 is 0 Å². The lowest BCUT2D eigenvalue weighted by Crippen LogP contribution is -2.35. The molecule has 1 aromatic heterocycles. The first-order chi connectivity index (χ1) is 8.35. The van der Waals surface area contributed by atoms with Crippen LogP contribution in [0.15, 0.2) is 18.5 Å². The van der Waals surface area contributed by atoms with Crippen LogP contribution in [0.1, 0.15) is 50.6 Å². The summed E-state index contributed by atoms with van der Waals surface area (Å²) < 4.78 is 0. The second-order valence-corrected chi connectivity index (χ2v) is 5.01. The summed E-state index contributed by atoms with van der Waals surface area (Å²) in [5.41, 5.74) is 4.11. The molecule has 0 amide bonds. The van der Waals surface area contributed by atoms with E-state index in [2.05, 4.69) is 22.5 Å². The maximum Gasteiger partial charge on any atom is 0.0544 e. The van der Waals surface area contributed by atoms with Crippen LogP contribution in [-0.4, -0.2) is 10.2 Å². The van der Waals surface area contributed by atoms with Gasteiger partial charge in [0.05, 0.1) is 12.2 Å². The summed E-state index contributed by atoms with van der Waals surface area (Å²) in [4.78, 5) is 0. The lowest BCUT2D eigenvalue weighted by molar-refractivity contribution is 0.219. The molecular weight excluding hydrogens is 212 g/mol. The normalized spacial score (nSPS) is 26.7. The molecule has 1 aromatic rings. The van der Waals surface area contributed by atoms with E-state index in [1.807, 2.05) is 12.3 Å². The Bertz CT molecular complexity index is 319. The smallest absolute Gasteiger partial charge is 0.0544 e. The molecule has 1 aliphatic rings. The molecule has 17 heavy (non-hydrogen) atoms. The predicted molar refractivity (Wildman–Crippen MR) is 67.8 cm³/mol. The van der Waals surface area contributed by atoms with Gasteiger partial charge in [0.2, 0.25) is 0 Å². The topological polar surface area (TPSA) is 63.8 Å². The predicted octanol–water partition coefficient (Wildman–Crippen LogP) is 2.20. The van der Waals surface area contributed by atoms with Crippen LogP contribution in [0.4, 0.5) is 0 Å². The van der Waals surface area contributed by atoms with Crippen molar-refractivity contribution in [2.24, 2.45) is 17.7 Å². The van der Waals surface area contributed by atoms with Crippen molar-refractivity contribution in [3.05, 3.63) is 24.0 Å². The average molecular weight is 234 g/mol. The molecule has 1 fully saturated rings. The Morgan fingerprint density at radius 1 is 1.35 bits per heavy atom. The van der Waals surface area contributed by atoms with E-state index in [0.717, 1.165) is 11.5 Å². The Labute approximate surface area is 103 Å². The standard InChI is InChI=1S/C13H22N4/c1-2-10-3-5-11(6-4-10)13(17-14)12-7-8-15-16-9-12/h7-11,13,17H,2-6,14H2,1H3. The maximum absolute atomic E-state index is 5.70. The highest BCUT2D eigenvalue weighted by molar-refractivity contribution is 5.12. The van der Waals surface area contributed by atoms with Gasteiger partial charge in [-0.1, -0.05) is 26.2 Å². The SMILES string of the molecule is CCC1CCC(C(NN)c2ccnnc2)CC1. The van der Waals surface area contributed by atoms with Crippen molar-refractivity contribution in [3.63, 3.8) is 0 Å². The van der Waals surface area contributed by atoms with Crippen molar-refractivity contribution < 1.29 is 0 Å². The van der Waals surface area contributed by atoms with E-state index in [4.69, 9.17) is 5.84 Å².